The Morgan fingerprint density at radius 3 is 2.78 bits per heavy atom. The molecule has 0 bridgehead atoms. The molecule has 2 rings (SSSR count). The second kappa shape index (κ2) is 6.04. The lowest BCUT2D eigenvalue weighted by Crippen LogP contribution is -2.25. The minimum absolute atomic E-state index is 0.331. The van der Waals surface area contributed by atoms with Gasteiger partial charge in [-0.2, -0.15) is 0 Å². The second-order valence-electron chi connectivity index (χ2n) is 4.80. The molecule has 1 fully saturated rings. The van der Waals surface area contributed by atoms with Crippen molar-refractivity contribution in [2.45, 2.75) is 25.5 Å². The molecule has 100 valence electrons. The van der Waals surface area contributed by atoms with Gasteiger partial charge in [0, 0.05) is 12.0 Å². The molecule has 0 radical (unpaired) electrons. The fourth-order valence-electron chi connectivity index (χ4n) is 2.63. The second-order valence-corrected chi connectivity index (χ2v) is 5.65. The summed E-state index contributed by atoms with van der Waals surface area (Å²) in [6, 6.07) is 6.58. The Hall–Kier alpha value is -0.580. The molecule has 18 heavy (non-hydrogen) atoms. The van der Waals surface area contributed by atoms with Crippen LogP contribution in [0.25, 0.3) is 0 Å². The maximum absolute atomic E-state index is 5.67. The van der Waals surface area contributed by atoms with E-state index in [1.165, 1.54) is 5.56 Å². The van der Waals surface area contributed by atoms with E-state index in [2.05, 4.69) is 40.3 Å². The Balaban J connectivity index is 2.19. The minimum Gasteiger partial charge on any atom is -0.496 e. The summed E-state index contributed by atoms with van der Waals surface area (Å²) in [5.41, 5.74) is 1.27. The Bertz CT molecular complexity index is 411. The van der Waals surface area contributed by atoms with Crippen LogP contribution in [0.2, 0.25) is 0 Å². The maximum Gasteiger partial charge on any atom is 0.133 e. The van der Waals surface area contributed by atoms with Gasteiger partial charge >= 0.3 is 0 Å². The molecule has 1 N–H and O–H groups in total. The fraction of sp³-hybridized carbons (Fsp3) is 0.571. The van der Waals surface area contributed by atoms with E-state index < -0.39 is 0 Å². The molecule has 1 saturated heterocycles. The van der Waals surface area contributed by atoms with Crippen molar-refractivity contribution in [3.8, 4) is 5.75 Å². The third-order valence-corrected chi connectivity index (χ3v) is 4.17. The molecule has 3 unspecified atom stereocenters. The van der Waals surface area contributed by atoms with Crippen LogP contribution < -0.4 is 10.1 Å². The van der Waals surface area contributed by atoms with E-state index in [1.54, 1.807) is 7.11 Å². The zero-order valence-electron chi connectivity index (χ0n) is 11.1. The first-order chi connectivity index (χ1) is 8.65. The minimum atomic E-state index is 0.331. The van der Waals surface area contributed by atoms with E-state index in [9.17, 15) is 0 Å². The van der Waals surface area contributed by atoms with Gasteiger partial charge in [-0.15, -0.1) is 0 Å². The van der Waals surface area contributed by atoms with Gasteiger partial charge in [0.25, 0.3) is 0 Å². The number of rotatable bonds is 4. The van der Waals surface area contributed by atoms with Gasteiger partial charge in [-0.05, 0) is 54.0 Å². The van der Waals surface area contributed by atoms with Crippen molar-refractivity contribution in [3.63, 3.8) is 0 Å². The van der Waals surface area contributed by atoms with Gasteiger partial charge in [0.05, 0.1) is 24.3 Å². The molecule has 1 aromatic carbocycles. The van der Waals surface area contributed by atoms with Crippen LogP contribution in [-0.4, -0.2) is 26.9 Å². The van der Waals surface area contributed by atoms with Crippen molar-refractivity contribution in [2.75, 3.05) is 20.8 Å². The molecule has 0 spiro atoms. The van der Waals surface area contributed by atoms with Crippen LogP contribution in [0, 0.1) is 5.92 Å². The molecule has 0 saturated carbocycles. The quantitative estimate of drug-likeness (QED) is 0.926. The highest BCUT2D eigenvalue weighted by Crippen LogP contribution is 2.34. The molecule has 4 heteroatoms. The van der Waals surface area contributed by atoms with Crippen LogP contribution in [0.4, 0.5) is 0 Å². The average molecular weight is 314 g/mol. The summed E-state index contributed by atoms with van der Waals surface area (Å²) in [6.45, 7) is 2.97. The standard InChI is InChI=1S/C14H20BrNO2/c1-9-6-11(8-18-9)14(16-2)10-4-5-13(17-3)12(15)7-10/h4-5,7,9,11,14,16H,6,8H2,1-3H3. The number of hydrogen-bond acceptors (Lipinski definition) is 3. The van der Waals surface area contributed by atoms with E-state index >= 15 is 0 Å². The van der Waals surface area contributed by atoms with Gasteiger partial charge in [-0.1, -0.05) is 6.07 Å². The molecule has 0 amide bonds. The smallest absolute Gasteiger partial charge is 0.133 e. The molecule has 3 nitrogen and oxygen atoms in total. The number of benzene rings is 1. The summed E-state index contributed by atoms with van der Waals surface area (Å²) in [5.74, 6) is 1.40. The van der Waals surface area contributed by atoms with Crippen LogP contribution in [0.5, 0.6) is 5.75 Å². The van der Waals surface area contributed by atoms with Crippen molar-refractivity contribution < 1.29 is 9.47 Å². The highest BCUT2D eigenvalue weighted by molar-refractivity contribution is 9.10. The fourth-order valence-corrected chi connectivity index (χ4v) is 3.19. The average Bonchev–Trinajstić information content (AvgIpc) is 2.77. The molecule has 1 aliphatic heterocycles. The first-order valence-corrected chi connectivity index (χ1v) is 7.07. The van der Waals surface area contributed by atoms with Gasteiger partial charge < -0.3 is 14.8 Å². The molecule has 1 heterocycles. The lowest BCUT2D eigenvalue weighted by atomic mass is 9.91. The first kappa shape index (κ1) is 13.8. The van der Waals surface area contributed by atoms with E-state index in [0.717, 1.165) is 23.2 Å². The third-order valence-electron chi connectivity index (χ3n) is 3.55. The zero-order chi connectivity index (χ0) is 13.1. The molecule has 1 aliphatic rings. The van der Waals surface area contributed by atoms with Crippen molar-refractivity contribution >= 4 is 15.9 Å². The summed E-state index contributed by atoms with van der Waals surface area (Å²) < 4.78 is 11.9. The van der Waals surface area contributed by atoms with Crippen LogP contribution in [0.3, 0.4) is 0 Å². The number of ether oxygens (including phenoxy) is 2. The lowest BCUT2D eigenvalue weighted by molar-refractivity contribution is 0.117. The summed E-state index contributed by atoms with van der Waals surface area (Å²) in [4.78, 5) is 0. The number of hydrogen-bond donors (Lipinski definition) is 1. The highest BCUT2D eigenvalue weighted by atomic mass is 79.9. The molecule has 0 aromatic heterocycles. The van der Waals surface area contributed by atoms with Crippen LogP contribution >= 0.6 is 15.9 Å². The van der Waals surface area contributed by atoms with Crippen LogP contribution in [0.1, 0.15) is 24.9 Å². The largest absolute Gasteiger partial charge is 0.496 e. The topological polar surface area (TPSA) is 30.5 Å². The number of nitrogens with one attached hydrogen (secondary N) is 1. The summed E-state index contributed by atoms with van der Waals surface area (Å²) >= 11 is 3.54. The lowest BCUT2D eigenvalue weighted by Gasteiger charge is -2.23. The van der Waals surface area contributed by atoms with Crippen molar-refractivity contribution in [2.24, 2.45) is 5.92 Å². The van der Waals surface area contributed by atoms with Crippen molar-refractivity contribution in [3.05, 3.63) is 28.2 Å². The third kappa shape index (κ3) is 2.87. The van der Waals surface area contributed by atoms with E-state index in [1.807, 2.05) is 13.1 Å². The Labute approximate surface area is 117 Å². The molecular formula is C14H20BrNO2. The van der Waals surface area contributed by atoms with Gasteiger partial charge in [0.15, 0.2) is 0 Å². The van der Waals surface area contributed by atoms with Crippen molar-refractivity contribution in [1.29, 1.82) is 0 Å². The van der Waals surface area contributed by atoms with Crippen LogP contribution in [-0.2, 0) is 4.74 Å². The molecule has 0 aliphatic carbocycles. The maximum atomic E-state index is 5.67. The highest BCUT2D eigenvalue weighted by Gasteiger charge is 2.29. The Morgan fingerprint density at radius 1 is 1.50 bits per heavy atom. The Kier molecular flexibility index (Phi) is 4.65. The normalized spacial score (nSPS) is 25.1. The predicted molar refractivity (Wildman–Crippen MR) is 76.0 cm³/mol. The predicted octanol–water partition coefficient (Wildman–Crippen LogP) is 3.14. The molecule has 1 aromatic rings. The van der Waals surface area contributed by atoms with Gasteiger partial charge in [-0.25, -0.2) is 0 Å². The first-order valence-electron chi connectivity index (χ1n) is 6.28. The summed E-state index contributed by atoms with van der Waals surface area (Å²) in [7, 11) is 3.69. The van der Waals surface area contributed by atoms with E-state index in [4.69, 9.17) is 9.47 Å². The van der Waals surface area contributed by atoms with Crippen LogP contribution in [0.15, 0.2) is 22.7 Å². The summed E-state index contributed by atoms with van der Waals surface area (Å²) in [6.07, 6.45) is 1.47. The number of methoxy groups -OCH3 is 1. The summed E-state index contributed by atoms with van der Waals surface area (Å²) in [5, 5.41) is 3.40. The molecule has 3 atom stereocenters. The SMILES string of the molecule is CNC(c1ccc(OC)c(Br)c1)C1COC(C)C1. The molecular weight excluding hydrogens is 294 g/mol. The van der Waals surface area contributed by atoms with Gasteiger partial charge in [0.2, 0.25) is 0 Å². The monoisotopic (exact) mass is 313 g/mol. The van der Waals surface area contributed by atoms with E-state index in [0.29, 0.717) is 18.1 Å². The zero-order valence-corrected chi connectivity index (χ0v) is 12.7. The van der Waals surface area contributed by atoms with Gasteiger partial charge in [0.1, 0.15) is 5.75 Å². The van der Waals surface area contributed by atoms with Crippen molar-refractivity contribution in [1.82, 2.24) is 5.32 Å². The van der Waals surface area contributed by atoms with E-state index in [-0.39, 0.29) is 0 Å². The number of halogens is 1. The Morgan fingerprint density at radius 2 is 2.28 bits per heavy atom. The van der Waals surface area contributed by atoms with Gasteiger partial charge in [-0.3, -0.25) is 0 Å².